The first kappa shape index (κ1) is 40.0. The summed E-state index contributed by atoms with van der Waals surface area (Å²) >= 11 is 0. The third-order valence-electron chi connectivity index (χ3n) is 5.84. The number of hydrogen-bond acceptors (Lipinski definition) is 7. The smallest absolute Gasteiger partial charge is 0.462 e. The average Bonchev–Trinajstić information content (AvgIpc) is 2.91. The summed E-state index contributed by atoms with van der Waals surface area (Å²) in [5.74, 6) is -0.897. The van der Waals surface area contributed by atoms with Gasteiger partial charge in [-0.2, -0.15) is 0 Å². The van der Waals surface area contributed by atoms with Crippen molar-refractivity contribution in [3.8, 4) is 0 Å². The number of nitrogens with zero attached hydrogens (tertiary/aromatic N) is 1. The lowest BCUT2D eigenvalue weighted by atomic mass is 10.1. The standard InChI is InChI=1S/C32H56NO8P/c1-6-8-9-10-11-12-13-14-15-16-17-18-19-20-21-22-23-25-32(35)41-30(28-38-31(34)24-7-2)29-40-42(36,37)39-27-26-33(3,4)5/h8-9,11-12,14-15,17-18,30H,6-7,10,13,16,19-29H2,1-5H3/p+1/b9-8-,12-11-,15-14-,18-17-. The summed E-state index contributed by atoms with van der Waals surface area (Å²) in [5.41, 5.74) is 0. The molecule has 0 aromatic rings. The maximum absolute atomic E-state index is 12.4. The molecule has 0 aliphatic carbocycles. The molecule has 0 amide bonds. The van der Waals surface area contributed by atoms with E-state index < -0.39 is 32.5 Å². The lowest BCUT2D eigenvalue weighted by Crippen LogP contribution is -2.37. The largest absolute Gasteiger partial charge is 0.472 e. The molecule has 0 spiro atoms. The fourth-order valence-electron chi connectivity index (χ4n) is 3.45. The Hall–Kier alpha value is -2.03. The zero-order valence-electron chi connectivity index (χ0n) is 26.7. The summed E-state index contributed by atoms with van der Waals surface area (Å²) in [4.78, 5) is 34.1. The van der Waals surface area contributed by atoms with Gasteiger partial charge in [-0.1, -0.05) is 75.3 Å². The highest BCUT2D eigenvalue weighted by atomic mass is 31.2. The number of allylic oxidation sites excluding steroid dienone is 8. The second-order valence-corrected chi connectivity index (χ2v) is 12.6. The van der Waals surface area contributed by atoms with E-state index in [2.05, 4.69) is 55.5 Å². The molecule has 0 fully saturated rings. The quantitative estimate of drug-likeness (QED) is 0.0358. The number of likely N-dealkylation sites (N-methyl/N-ethyl adjacent to an activating group) is 1. The second kappa shape index (κ2) is 25.5. The van der Waals surface area contributed by atoms with Gasteiger partial charge in [-0.15, -0.1) is 0 Å². The molecule has 0 bridgehead atoms. The van der Waals surface area contributed by atoms with Gasteiger partial charge in [-0.3, -0.25) is 18.6 Å². The van der Waals surface area contributed by atoms with Crippen molar-refractivity contribution < 1.29 is 42.1 Å². The van der Waals surface area contributed by atoms with Crippen molar-refractivity contribution in [2.45, 2.75) is 97.0 Å². The molecule has 2 unspecified atom stereocenters. The molecule has 0 aromatic carbocycles. The minimum Gasteiger partial charge on any atom is -0.462 e. The number of phosphoric acid groups is 1. The first-order valence-corrected chi connectivity index (χ1v) is 16.9. The summed E-state index contributed by atoms with van der Waals surface area (Å²) in [6.07, 6.45) is 26.1. The fraction of sp³-hybridized carbons (Fsp3) is 0.688. The van der Waals surface area contributed by atoms with E-state index in [9.17, 15) is 19.0 Å². The van der Waals surface area contributed by atoms with Crippen LogP contribution in [0.5, 0.6) is 0 Å². The Morgan fingerprint density at radius 1 is 0.762 bits per heavy atom. The Labute approximate surface area is 254 Å². The van der Waals surface area contributed by atoms with Crippen LogP contribution in [-0.2, 0) is 32.7 Å². The SMILES string of the molecule is CC/C=C\C/C=C\C/C=C\C/C=C\CCCCCCC(=O)OC(COC(=O)CCC)COP(=O)(O)OCC[N+](C)(C)C. The number of ether oxygens (including phenoxy) is 2. The van der Waals surface area contributed by atoms with Gasteiger partial charge in [-0.25, -0.2) is 4.57 Å². The van der Waals surface area contributed by atoms with E-state index in [0.29, 0.717) is 23.9 Å². The van der Waals surface area contributed by atoms with Crippen LogP contribution in [0.3, 0.4) is 0 Å². The molecule has 0 aromatic heterocycles. The maximum atomic E-state index is 12.4. The first-order chi connectivity index (χ1) is 20.0. The van der Waals surface area contributed by atoms with Crippen molar-refractivity contribution in [3.63, 3.8) is 0 Å². The fourth-order valence-corrected chi connectivity index (χ4v) is 4.19. The number of hydrogen-bond donors (Lipinski definition) is 1. The van der Waals surface area contributed by atoms with Gasteiger partial charge in [0, 0.05) is 12.8 Å². The van der Waals surface area contributed by atoms with Crippen LogP contribution in [-0.4, -0.2) is 74.9 Å². The van der Waals surface area contributed by atoms with E-state index in [1.54, 1.807) is 0 Å². The first-order valence-electron chi connectivity index (χ1n) is 15.4. The summed E-state index contributed by atoms with van der Waals surface area (Å²) in [7, 11) is 1.44. The van der Waals surface area contributed by atoms with Crippen molar-refractivity contribution in [1.82, 2.24) is 0 Å². The van der Waals surface area contributed by atoms with Crippen LogP contribution >= 0.6 is 7.82 Å². The Kier molecular flexibility index (Phi) is 24.2. The molecule has 0 saturated heterocycles. The number of rotatable bonds is 26. The van der Waals surface area contributed by atoms with E-state index in [-0.39, 0.29) is 26.1 Å². The molecule has 0 radical (unpaired) electrons. The lowest BCUT2D eigenvalue weighted by molar-refractivity contribution is -0.870. The molecule has 2 atom stereocenters. The third kappa shape index (κ3) is 28.1. The lowest BCUT2D eigenvalue weighted by Gasteiger charge is -2.24. The predicted octanol–water partition coefficient (Wildman–Crippen LogP) is 7.23. The zero-order valence-corrected chi connectivity index (χ0v) is 27.6. The molecule has 0 saturated carbocycles. The van der Waals surface area contributed by atoms with Crippen LogP contribution in [0.2, 0.25) is 0 Å². The summed E-state index contributed by atoms with van der Waals surface area (Å²) < 4.78 is 33.4. The van der Waals surface area contributed by atoms with Crippen LogP contribution in [0, 0.1) is 0 Å². The minimum absolute atomic E-state index is 0.0233. The van der Waals surface area contributed by atoms with Gasteiger partial charge >= 0.3 is 19.8 Å². The number of unbranched alkanes of at least 4 members (excludes halogenated alkanes) is 4. The molecular weight excluding hydrogens is 557 g/mol. The van der Waals surface area contributed by atoms with E-state index in [1.165, 1.54) is 0 Å². The van der Waals surface area contributed by atoms with Gasteiger partial charge in [0.15, 0.2) is 6.10 Å². The Morgan fingerprint density at radius 3 is 1.95 bits per heavy atom. The second-order valence-electron chi connectivity index (χ2n) is 11.1. The summed E-state index contributed by atoms with van der Waals surface area (Å²) in [6.45, 7) is 3.84. The molecule has 9 nitrogen and oxygen atoms in total. The maximum Gasteiger partial charge on any atom is 0.472 e. The van der Waals surface area contributed by atoms with Crippen molar-refractivity contribution >= 4 is 19.8 Å². The third-order valence-corrected chi connectivity index (χ3v) is 6.83. The van der Waals surface area contributed by atoms with Crippen LogP contribution < -0.4 is 0 Å². The van der Waals surface area contributed by atoms with Crippen molar-refractivity contribution in [2.75, 3.05) is 47.5 Å². The highest BCUT2D eigenvalue weighted by molar-refractivity contribution is 7.47. The van der Waals surface area contributed by atoms with E-state index in [1.807, 2.05) is 28.1 Å². The van der Waals surface area contributed by atoms with Crippen molar-refractivity contribution in [2.24, 2.45) is 0 Å². The van der Waals surface area contributed by atoms with E-state index in [0.717, 1.165) is 51.4 Å². The van der Waals surface area contributed by atoms with Gasteiger partial charge in [0.05, 0.1) is 27.7 Å². The van der Waals surface area contributed by atoms with Crippen LogP contribution in [0.15, 0.2) is 48.6 Å². The highest BCUT2D eigenvalue weighted by Gasteiger charge is 2.26. The van der Waals surface area contributed by atoms with Gasteiger partial charge in [0.1, 0.15) is 19.8 Å². The van der Waals surface area contributed by atoms with Crippen molar-refractivity contribution in [1.29, 1.82) is 0 Å². The molecule has 0 aliphatic heterocycles. The molecule has 10 heteroatoms. The normalized spacial score (nSPS) is 14.7. The zero-order chi connectivity index (χ0) is 31.5. The highest BCUT2D eigenvalue weighted by Crippen LogP contribution is 2.43. The van der Waals surface area contributed by atoms with Gasteiger partial charge in [0.25, 0.3) is 0 Å². The number of esters is 2. The van der Waals surface area contributed by atoms with Crippen LogP contribution in [0.4, 0.5) is 0 Å². The topological polar surface area (TPSA) is 108 Å². The van der Waals surface area contributed by atoms with E-state index in [4.69, 9.17) is 18.5 Å². The number of carbonyl (C=O) groups is 2. The Bertz CT molecular complexity index is 876. The molecule has 42 heavy (non-hydrogen) atoms. The Morgan fingerprint density at radius 2 is 1.36 bits per heavy atom. The van der Waals surface area contributed by atoms with Crippen molar-refractivity contribution in [3.05, 3.63) is 48.6 Å². The van der Waals surface area contributed by atoms with Crippen LogP contribution in [0.25, 0.3) is 0 Å². The molecule has 0 rings (SSSR count). The van der Waals surface area contributed by atoms with Crippen LogP contribution in [0.1, 0.15) is 90.9 Å². The monoisotopic (exact) mass is 614 g/mol. The number of carbonyl (C=O) groups excluding carboxylic acids is 2. The van der Waals surface area contributed by atoms with E-state index >= 15 is 0 Å². The average molecular weight is 615 g/mol. The van der Waals surface area contributed by atoms with Gasteiger partial charge < -0.3 is 18.9 Å². The summed E-state index contributed by atoms with van der Waals surface area (Å²) in [6, 6.07) is 0. The molecule has 0 heterocycles. The molecule has 1 N–H and O–H groups in total. The number of quaternary nitrogens is 1. The Balaban J connectivity index is 4.27. The minimum atomic E-state index is -4.35. The number of phosphoric ester groups is 1. The molecule has 242 valence electrons. The van der Waals surface area contributed by atoms with Gasteiger partial charge in [0.2, 0.25) is 0 Å². The molecular formula is C32H57NO8P+. The van der Waals surface area contributed by atoms with Gasteiger partial charge in [-0.05, 0) is 51.4 Å². The predicted molar refractivity (Wildman–Crippen MR) is 169 cm³/mol. The molecule has 0 aliphatic rings. The summed E-state index contributed by atoms with van der Waals surface area (Å²) in [5, 5.41) is 0.